The number of ether oxygens (including phenoxy) is 1. The summed E-state index contributed by atoms with van der Waals surface area (Å²) in [6.07, 6.45) is -2.83. The van der Waals surface area contributed by atoms with Crippen molar-refractivity contribution in [1.29, 1.82) is 0 Å². The van der Waals surface area contributed by atoms with E-state index in [0.717, 1.165) is 28.9 Å². The van der Waals surface area contributed by atoms with Crippen molar-refractivity contribution in [3.05, 3.63) is 53.0 Å². The maximum atomic E-state index is 12.9. The molecule has 9 heteroatoms. The maximum Gasteiger partial charge on any atom is 0.433 e. The number of methoxy groups -OCH3 is 1. The van der Waals surface area contributed by atoms with Crippen LogP contribution in [0.25, 0.3) is 10.9 Å². The lowest BCUT2D eigenvalue weighted by molar-refractivity contribution is -0.141. The lowest BCUT2D eigenvalue weighted by Crippen LogP contribution is -2.32. The lowest BCUT2D eigenvalue weighted by atomic mass is 10.0. The van der Waals surface area contributed by atoms with E-state index in [2.05, 4.69) is 15.0 Å². The van der Waals surface area contributed by atoms with Crippen molar-refractivity contribution in [2.24, 2.45) is 0 Å². The van der Waals surface area contributed by atoms with Crippen molar-refractivity contribution in [2.45, 2.75) is 19.1 Å². The number of anilines is 1. The Labute approximate surface area is 152 Å². The molecule has 1 aliphatic heterocycles. The molecular formula is C18H15F3N4O2. The number of aromatic nitrogens is 3. The normalized spacial score (nSPS) is 14.3. The fourth-order valence-corrected chi connectivity index (χ4v) is 3.35. The number of H-pyrrole nitrogens is 1. The Morgan fingerprint density at radius 3 is 2.85 bits per heavy atom. The summed E-state index contributed by atoms with van der Waals surface area (Å²) in [7, 11) is 1.32. The summed E-state index contributed by atoms with van der Waals surface area (Å²) in [5.74, 6) is -0.411. The zero-order valence-electron chi connectivity index (χ0n) is 14.3. The standard InChI is InChI=1S/C18H15F3N4O2/c1-27-16(26)11-4-2-3-10-12-9-25(8-6-13(12)23-15(10)11)17-22-7-5-14(24-17)18(19,20)21/h2-5,7,23H,6,8-9H2,1H3. The molecule has 1 N–H and O–H groups in total. The van der Waals surface area contributed by atoms with Crippen LogP contribution in [0.15, 0.2) is 30.5 Å². The molecular weight excluding hydrogens is 361 g/mol. The zero-order chi connectivity index (χ0) is 19.2. The van der Waals surface area contributed by atoms with Crippen LogP contribution < -0.4 is 4.90 Å². The molecule has 1 aliphatic rings. The quantitative estimate of drug-likeness (QED) is 0.695. The van der Waals surface area contributed by atoms with Crippen LogP contribution in [0.1, 0.15) is 27.3 Å². The van der Waals surface area contributed by atoms with E-state index in [1.807, 2.05) is 6.07 Å². The topological polar surface area (TPSA) is 71.1 Å². The van der Waals surface area contributed by atoms with Gasteiger partial charge >= 0.3 is 12.1 Å². The number of rotatable bonds is 2. The highest BCUT2D eigenvalue weighted by atomic mass is 19.4. The molecule has 0 bridgehead atoms. The smallest absolute Gasteiger partial charge is 0.433 e. The van der Waals surface area contributed by atoms with Crippen molar-refractivity contribution in [3.8, 4) is 0 Å². The van der Waals surface area contributed by atoms with Crippen LogP contribution in [0, 0.1) is 0 Å². The van der Waals surface area contributed by atoms with Crippen LogP contribution in [0.4, 0.5) is 19.1 Å². The second-order valence-corrected chi connectivity index (χ2v) is 6.21. The Morgan fingerprint density at radius 1 is 1.30 bits per heavy atom. The van der Waals surface area contributed by atoms with Gasteiger partial charge in [-0.25, -0.2) is 14.8 Å². The number of hydrogen-bond donors (Lipinski definition) is 1. The monoisotopic (exact) mass is 376 g/mol. The van der Waals surface area contributed by atoms with Gasteiger partial charge in [0, 0.05) is 42.4 Å². The maximum absolute atomic E-state index is 12.9. The SMILES string of the molecule is COC(=O)c1cccc2c3c([nH]c12)CCN(c1nccc(C(F)(F)F)n1)C3. The number of nitrogens with one attached hydrogen (secondary N) is 1. The molecule has 0 atom stereocenters. The summed E-state index contributed by atoms with van der Waals surface area (Å²) in [6.45, 7) is 0.815. The number of nitrogens with zero attached hydrogens (tertiary/aromatic N) is 3. The number of hydrogen-bond acceptors (Lipinski definition) is 5. The molecule has 2 aromatic heterocycles. The Hall–Kier alpha value is -3.10. The first kappa shape index (κ1) is 17.3. The van der Waals surface area contributed by atoms with Crippen molar-refractivity contribution in [1.82, 2.24) is 15.0 Å². The molecule has 140 valence electrons. The summed E-state index contributed by atoms with van der Waals surface area (Å²) >= 11 is 0. The summed E-state index contributed by atoms with van der Waals surface area (Å²) in [4.78, 5) is 24.6. The van der Waals surface area contributed by atoms with Gasteiger partial charge in [-0.3, -0.25) is 0 Å². The molecule has 3 aromatic rings. The summed E-state index contributed by atoms with van der Waals surface area (Å²) in [6, 6.07) is 6.15. The average Bonchev–Trinajstić information content (AvgIpc) is 3.04. The van der Waals surface area contributed by atoms with Crippen LogP contribution in [0.3, 0.4) is 0 Å². The number of halogens is 3. The van der Waals surface area contributed by atoms with Crippen LogP contribution in [0.2, 0.25) is 0 Å². The van der Waals surface area contributed by atoms with E-state index in [-0.39, 0.29) is 5.95 Å². The molecule has 0 aliphatic carbocycles. The molecule has 0 radical (unpaired) electrons. The molecule has 0 fully saturated rings. The van der Waals surface area contributed by atoms with Gasteiger partial charge in [0.25, 0.3) is 0 Å². The molecule has 0 unspecified atom stereocenters. The van der Waals surface area contributed by atoms with Crippen LogP contribution in [0.5, 0.6) is 0 Å². The molecule has 0 saturated heterocycles. The third kappa shape index (κ3) is 2.98. The average molecular weight is 376 g/mol. The highest BCUT2D eigenvalue weighted by molar-refractivity contribution is 6.04. The second-order valence-electron chi connectivity index (χ2n) is 6.21. The predicted octanol–water partition coefficient (Wildman–Crippen LogP) is 3.33. The van der Waals surface area contributed by atoms with Crippen molar-refractivity contribution in [2.75, 3.05) is 18.6 Å². The minimum Gasteiger partial charge on any atom is -0.465 e. The Morgan fingerprint density at radius 2 is 2.11 bits per heavy atom. The van der Waals surface area contributed by atoms with E-state index in [9.17, 15) is 18.0 Å². The van der Waals surface area contributed by atoms with Gasteiger partial charge in [-0.05, 0) is 12.1 Å². The van der Waals surface area contributed by atoms with E-state index < -0.39 is 17.8 Å². The predicted molar refractivity (Wildman–Crippen MR) is 91.4 cm³/mol. The molecule has 6 nitrogen and oxygen atoms in total. The Balaban J connectivity index is 1.73. The highest BCUT2D eigenvalue weighted by Crippen LogP contribution is 2.32. The first-order valence-corrected chi connectivity index (χ1v) is 8.24. The minimum absolute atomic E-state index is 0.0361. The molecule has 0 amide bonds. The number of carbonyl (C=O) groups is 1. The number of alkyl halides is 3. The first-order valence-electron chi connectivity index (χ1n) is 8.24. The van der Waals surface area contributed by atoms with Crippen molar-refractivity contribution >= 4 is 22.8 Å². The Bertz CT molecular complexity index is 1030. The summed E-state index contributed by atoms with van der Waals surface area (Å²) in [5.41, 5.74) is 1.99. The number of carbonyl (C=O) groups excluding carboxylic acids is 1. The van der Waals surface area contributed by atoms with E-state index in [0.29, 0.717) is 30.6 Å². The van der Waals surface area contributed by atoms with E-state index in [1.165, 1.54) is 7.11 Å². The second kappa shape index (κ2) is 6.26. The third-order valence-corrected chi connectivity index (χ3v) is 4.63. The number of fused-ring (bicyclic) bond motifs is 3. The van der Waals surface area contributed by atoms with Crippen molar-refractivity contribution in [3.63, 3.8) is 0 Å². The van der Waals surface area contributed by atoms with Crippen LogP contribution in [-0.2, 0) is 23.9 Å². The molecule has 4 rings (SSSR count). The van der Waals surface area contributed by atoms with Crippen LogP contribution in [-0.4, -0.2) is 34.6 Å². The molecule has 1 aromatic carbocycles. The first-order chi connectivity index (χ1) is 12.9. The molecule has 0 saturated carbocycles. The van der Waals surface area contributed by atoms with Gasteiger partial charge in [-0.1, -0.05) is 12.1 Å². The van der Waals surface area contributed by atoms with Gasteiger partial charge in [-0.15, -0.1) is 0 Å². The number of benzene rings is 1. The van der Waals surface area contributed by atoms with Crippen molar-refractivity contribution < 1.29 is 22.7 Å². The summed E-state index contributed by atoms with van der Waals surface area (Å²) < 4.78 is 43.6. The van der Waals surface area contributed by atoms with Gasteiger partial charge in [0.1, 0.15) is 5.69 Å². The van der Waals surface area contributed by atoms with Gasteiger partial charge in [0.2, 0.25) is 5.95 Å². The lowest BCUT2D eigenvalue weighted by Gasteiger charge is -2.27. The summed E-state index contributed by atoms with van der Waals surface area (Å²) in [5, 5.41) is 0.838. The third-order valence-electron chi connectivity index (χ3n) is 4.63. The van der Waals surface area contributed by atoms with E-state index >= 15 is 0 Å². The molecule has 3 heterocycles. The number of para-hydroxylation sites is 1. The fourth-order valence-electron chi connectivity index (χ4n) is 3.35. The largest absolute Gasteiger partial charge is 0.465 e. The number of aromatic amines is 1. The van der Waals surface area contributed by atoms with E-state index in [4.69, 9.17) is 4.74 Å². The van der Waals surface area contributed by atoms with Gasteiger partial charge in [-0.2, -0.15) is 13.2 Å². The fraction of sp³-hybridized carbons (Fsp3) is 0.278. The van der Waals surface area contributed by atoms with Gasteiger partial charge in [0.15, 0.2) is 0 Å². The van der Waals surface area contributed by atoms with E-state index in [1.54, 1.807) is 17.0 Å². The molecule has 0 spiro atoms. The zero-order valence-corrected chi connectivity index (χ0v) is 14.3. The van der Waals surface area contributed by atoms with Gasteiger partial charge < -0.3 is 14.6 Å². The highest BCUT2D eigenvalue weighted by Gasteiger charge is 2.33. The minimum atomic E-state index is -4.52. The molecule has 27 heavy (non-hydrogen) atoms. The van der Waals surface area contributed by atoms with Crippen LogP contribution >= 0.6 is 0 Å². The Kier molecular flexibility index (Phi) is 4.01. The number of esters is 1. The van der Waals surface area contributed by atoms with Gasteiger partial charge in [0.05, 0.1) is 18.2 Å².